The Morgan fingerprint density at radius 3 is 1.30 bits per heavy atom. The van der Waals surface area contributed by atoms with Crippen LogP contribution in [0.15, 0.2) is 182 Å². The van der Waals surface area contributed by atoms with E-state index in [1.165, 1.54) is 84.0 Å². The number of aromatic nitrogens is 2. The van der Waals surface area contributed by atoms with Gasteiger partial charge in [-0.25, -0.2) is 9.97 Å². The molecular weight excluding hydrogens is 749 g/mol. The van der Waals surface area contributed by atoms with E-state index in [0.29, 0.717) is 0 Å². The third-order valence-electron chi connectivity index (χ3n) is 11.2. The predicted octanol–water partition coefficient (Wildman–Crippen LogP) is 15.9. The van der Waals surface area contributed by atoms with Crippen molar-refractivity contribution in [1.29, 1.82) is 0 Å². The molecule has 0 saturated carbocycles. The van der Waals surface area contributed by atoms with Crippen LogP contribution in [0, 0.1) is 0 Å². The quantitative estimate of drug-likeness (QED) is 0.174. The summed E-state index contributed by atoms with van der Waals surface area (Å²) < 4.78 is 7.64. The van der Waals surface area contributed by atoms with Gasteiger partial charge in [-0.3, -0.25) is 0 Å². The fourth-order valence-electron chi connectivity index (χ4n) is 8.55. The van der Waals surface area contributed by atoms with Gasteiger partial charge >= 0.3 is 0 Å². The van der Waals surface area contributed by atoms with Crippen LogP contribution < -0.4 is 0 Å². The van der Waals surface area contributed by atoms with E-state index < -0.39 is 0 Å². The molecule has 5 heteroatoms. The molecule has 8 aromatic carbocycles. The number of nitrogens with zero attached hydrogens (tertiary/aromatic N) is 2. The molecule has 0 aliphatic rings. The average Bonchev–Trinajstić information content (AvgIpc) is 3.98. The van der Waals surface area contributed by atoms with Gasteiger partial charge in [0.05, 0.1) is 15.9 Å². The maximum atomic E-state index is 4.93. The molecule has 12 aromatic rings. The van der Waals surface area contributed by atoms with E-state index >= 15 is 0 Å². The van der Waals surface area contributed by atoms with E-state index in [1.807, 2.05) is 22.7 Å². The summed E-state index contributed by atoms with van der Waals surface area (Å²) in [5.41, 5.74) is 12.8. The zero-order chi connectivity index (χ0) is 37.5. The lowest BCUT2D eigenvalue weighted by Gasteiger charge is -2.09. The molecule has 12 rings (SSSR count). The summed E-state index contributed by atoms with van der Waals surface area (Å²) in [6, 6.07) is 64.2. The maximum absolute atomic E-state index is 4.93. The molecule has 0 spiro atoms. The number of thiophene rings is 3. The van der Waals surface area contributed by atoms with E-state index in [2.05, 4.69) is 176 Å². The van der Waals surface area contributed by atoms with Crippen molar-refractivity contribution < 1.29 is 0 Å². The van der Waals surface area contributed by atoms with Gasteiger partial charge in [0.15, 0.2) is 0 Å². The van der Waals surface area contributed by atoms with Gasteiger partial charge in [0.1, 0.15) is 6.33 Å². The SMILES string of the molecule is c1cc(-c2cccc(-c3ncnc4c3sc3c(-c5cccc(-c6cccc7c6sc6ccccc67)c5)cccc34)c2)cc(-c2cccc3c2sc2ccccc23)c1. The fourth-order valence-corrected chi connectivity index (χ4v) is 12.3. The van der Waals surface area contributed by atoms with Crippen molar-refractivity contribution in [3.05, 3.63) is 182 Å². The molecule has 0 fully saturated rings. The summed E-state index contributed by atoms with van der Waals surface area (Å²) in [6.45, 7) is 0. The second kappa shape index (κ2) is 13.0. The monoisotopic (exact) mass is 778 g/mol. The molecule has 0 radical (unpaired) electrons. The van der Waals surface area contributed by atoms with E-state index in [4.69, 9.17) is 9.97 Å². The third-order valence-corrected chi connectivity index (χ3v) is 14.9. The highest BCUT2D eigenvalue weighted by Gasteiger charge is 2.18. The van der Waals surface area contributed by atoms with Crippen LogP contribution in [0.1, 0.15) is 0 Å². The molecule has 0 unspecified atom stereocenters. The van der Waals surface area contributed by atoms with Crippen LogP contribution in [0.5, 0.6) is 0 Å². The van der Waals surface area contributed by atoms with E-state index in [9.17, 15) is 0 Å². The van der Waals surface area contributed by atoms with Gasteiger partial charge in [-0.05, 0) is 74.8 Å². The van der Waals surface area contributed by atoms with Gasteiger partial charge in [0.2, 0.25) is 0 Å². The van der Waals surface area contributed by atoms with Crippen molar-refractivity contribution in [2.45, 2.75) is 0 Å². The summed E-state index contributed by atoms with van der Waals surface area (Å²) in [4.78, 5) is 9.81. The zero-order valence-corrected chi connectivity index (χ0v) is 32.9. The van der Waals surface area contributed by atoms with Gasteiger partial charge in [-0.1, -0.05) is 146 Å². The molecule has 0 bridgehead atoms. The first-order chi connectivity index (χ1) is 28.2. The Kier molecular flexibility index (Phi) is 7.48. The largest absolute Gasteiger partial charge is 0.235 e. The van der Waals surface area contributed by atoms with Crippen molar-refractivity contribution >= 4 is 94.7 Å². The second-order valence-corrected chi connectivity index (χ2v) is 17.6. The Balaban J connectivity index is 0.942. The summed E-state index contributed by atoms with van der Waals surface area (Å²) >= 11 is 5.55. The highest BCUT2D eigenvalue weighted by atomic mass is 32.1. The molecule has 0 N–H and O–H groups in total. The van der Waals surface area contributed by atoms with E-state index in [1.54, 1.807) is 17.7 Å². The molecule has 4 aromatic heterocycles. The highest BCUT2D eigenvalue weighted by Crippen LogP contribution is 2.45. The van der Waals surface area contributed by atoms with Crippen LogP contribution in [0.2, 0.25) is 0 Å². The van der Waals surface area contributed by atoms with Crippen LogP contribution in [-0.2, 0) is 0 Å². The van der Waals surface area contributed by atoms with Crippen LogP contribution in [0.3, 0.4) is 0 Å². The Labute approximate surface area is 340 Å². The molecule has 4 heterocycles. The lowest BCUT2D eigenvalue weighted by Crippen LogP contribution is -1.87. The topological polar surface area (TPSA) is 25.8 Å². The normalized spacial score (nSPS) is 11.9. The van der Waals surface area contributed by atoms with Gasteiger partial charge in [-0.2, -0.15) is 0 Å². The first-order valence-corrected chi connectivity index (χ1v) is 21.5. The Morgan fingerprint density at radius 2 is 0.719 bits per heavy atom. The number of benzene rings is 8. The summed E-state index contributed by atoms with van der Waals surface area (Å²) in [6.07, 6.45) is 1.72. The van der Waals surface area contributed by atoms with Crippen molar-refractivity contribution in [1.82, 2.24) is 9.97 Å². The van der Waals surface area contributed by atoms with Crippen molar-refractivity contribution in [2.24, 2.45) is 0 Å². The molecule has 0 saturated heterocycles. The first-order valence-electron chi connectivity index (χ1n) is 19.0. The standard InChI is InChI=1S/C52H30N2S3/c1-3-25-45-40(17-1)42-22-8-19-37(49(42)55-45)33-13-5-11-31(27-33)32-12-6-16-36(28-32)47-52-48(54-30-53-47)44-24-10-21-39(51(44)57-52)35-15-7-14-34(29-35)38-20-9-23-43-41-18-2-4-26-46(41)56-50(38)43/h1-30H. The summed E-state index contributed by atoms with van der Waals surface area (Å²) in [5, 5.41) is 6.44. The second-order valence-electron chi connectivity index (χ2n) is 14.5. The van der Waals surface area contributed by atoms with Crippen LogP contribution in [-0.4, -0.2) is 9.97 Å². The number of rotatable bonds is 5. The third kappa shape index (κ3) is 5.28. The summed E-state index contributed by atoms with van der Waals surface area (Å²) in [5.74, 6) is 0. The van der Waals surface area contributed by atoms with Crippen LogP contribution in [0.25, 0.3) is 116 Å². The lowest BCUT2D eigenvalue weighted by molar-refractivity contribution is 1.24. The fraction of sp³-hybridized carbons (Fsp3) is 0. The summed E-state index contributed by atoms with van der Waals surface area (Å²) in [7, 11) is 0. The van der Waals surface area contributed by atoms with Crippen molar-refractivity contribution in [3.63, 3.8) is 0 Å². The molecule has 0 atom stereocenters. The van der Waals surface area contributed by atoms with Gasteiger partial charge in [0, 0.05) is 56.0 Å². The minimum Gasteiger partial charge on any atom is -0.235 e. The molecule has 266 valence electrons. The van der Waals surface area contributed by atoms with Gasteiger partial charge in [0.25, 0.3) is 0 Å². The minimum absolute atomic E-state index is 0.963. The van der Waals surface area contributed by atoms with Crippen LogP contribution in [0.4, 0.5) is 0 Å². The maximum Gasteiger partial charge on any atom is 0.116 e. The molecule has 57 heavy (non-hydrogen) atoms. The van der Waals surface area contributed by atoms with Gasteiger partial charge in [-0.15, -0.1) is 34.0 Å². The van der Waals surface area contributed by atoms with E-state index in [-0.39, 0.29) is 0 Å². The molecule has 0 aliphatic heterocycles. The zero-order valence-electron chi connectivity index (χ0n) is 30.4. The highest BCUT2D eigenvalue weighted by molar-refractivity contribution is 7.27. The van der Waals surface area contributed by atoms with E-state index in [0.717, 1.165) is 32.4 Å². The number of fused-ring (bicyclic) bond motifs is 9. The predicted molar refractivity (Wildman–Crippen MR) is 248 cm³/mol. The lowest BCUT2D eigenvalue weighted by atomic mass is 9.96. The Morgan fingerprint density at radius 1 is 0.298 bits per heavy atom. The smallest absolute Gasteiger partial charge is 0.116 e. The van der Waals surface area contributed by atoms with Gasteiger partial charge < -0.3 is 0 Å². The molecule has 0 aliphatic carbocycles. The molecule has 2 nitrogen and oxygen atoms in total. The number of hydrogen-bond donors (Lipinski definition) is 0. The Hall–Kier alpha value is -6.50. The minimum atomic E-state index is 0.963. The molecule has 0 amide bonds. The number of hydrogen-bond acceptors (Lipinski definition) is 5. The van der Waals surface area contributed by atoms with Crippen LogP contribution >= 0.6 is 34.0 Å². The van der Waals surface area contributed by atoms with Crippen molar-refractivity contribution in [3.8, 4) is 55.8 Å². The first kappa shape index (κ1) is 32.7. The van der Waals surface area contributed by atoms with Crippen molar-refractivity contribution in [2.75, 3.05) is 0 Å². The Bertz CT molecular complexity index is 3550. The average molecular weight is 779 g/mol. The molecular formula is C52H30N2S3.